The van der Waals surface area contributed by atoms with Crippen LogP contribution >= 0.6 is 0 Å². The summed E-state index contributed by atoms with van der Waals surface area (Å²) >= 11 is 0. The van der Waals surface area contributed by atoms with Crippen LogP contribution in [0.15, 0.2) is 8.94 Å². The zero-order valence-corrected chi connectivity index (χ0v) is 15.5. The van der Waals surface area contributed by atoms with Gasteiger partial charge in [0.25, 0.3) is 0 Å². The summed E-state index contributed by atoms with van der Waals surface area (Å²) < 4.78 is 10.2. The minimum Gasteiger partial charge on any atom is -0.420 e. The van der Waals surface area contributed by atoms with Gasteiger partial charge in [-0.3, -0.25) is 0 Å². The van der Waals surface area contributed by atoms with Crippen LogP contribution in [-0.2, 0) is 6.61 Å². The SMILES string of the molecule is CC(O)[C@@H](NC(=O)N[C@@H](CC(N)O)c1nc([C@@H](N)CO)no1)c1nnc(CO)o1. The lowest BCUT2D eigenvalue weighted by Gasteiger charge is -2.21. The number of aliphatic hydroxyl groups excluding tert-OH is 4. The van der Waals surface area contributed by atoms with Gasteiger partial charge in [-0.15, -0.1) is 10.2 Å². The van der Waals surface area contributed by atoms with E-state index in [1.807, 2.05) is 0 Å². The number of amides is 2. The largest absolute Gasteiger partial charge is 0.420 e. The summed E-state index contributed by atoms with van der Waals surface area (Å²) in [6.45, 7) is 0.459. The van der Waals surface area contributed by atoms with E-state index in [0.29, 0.717) is 0 Å². The quantitative estimate of drug-likeness (QED) is 0.181. The molecule has 10 N–H and O–H groups in total. The van der Waals surface area contributed by atoms with Gasteiger partial charge in [0.05, 0.1) is 18.8 Å². The van der Waals surface area contributed by atoms with Crippen LogP contribution in [0.5, 0.6) is 0 Å². The van der Waals surface area contributed by atoms with Crippen LogP contribution in [0.2, 0.25) is 0 Å². The minimum atomic E-state index is -1.32. The third-order valence-electron chi connectivity index (χ3n) is 3.72. The van der Waals surface area contributed by atoms with Crippen molar-refractivity contribution in [2.45, 2.75) is 50.4 Å². The second kappa shape index (κ2) is 10.2. The van der Waals surface area contributed by atoms with Crippen LogP contribution in [0, 0.1) is 0 Å². The van der Waals surface area contributed by atoms with Crippen molar-refractivity contribution in [1.29, 1.82) is 0 Å². The number of nitrogens with zero attached hydrogens (tertiary/aromatic N) is 4. The number of aromatic nitrogens is 4. The summed E-state index contributed by atoms with van der Waals surface area (Å²) in [6, 6.07) is -3.79. The summed E-state index contributed by atoms with van der Waals surface area (Å²) in [7, 11) is 0. The third-order valence-corrected chi connectivity index (χ3v) is 3.72. The topological polar surface area (TPSA) is 252 Å². The van der Waals surface area contributed by atoms with Gasteiger partial charge >= 0.3 is 6.03 Å². The molecule has 0 aliphatic heterocycles. The first-order chi connectivity index (χ1) is 13.7. The van der Waals surface area contributed by atoms with Gasteiger partial charge in [-0.2, -0.15) is 4.98 Å². The van der Waals surface area contributed by atoms with Crippen LogP contribution in [0.25, 0.3) is 0 Å². The van der Waals surface area contributed by atoms with Crippen molar-refractivity contribution in [3.63, 3.8) is 0 Å². The van der Waals surface area contributed by atoms with Crippen molar-refractivity contribution in [1.82, 2.24) is 31.0 Å². The zero-order valence-electron chi connectivity index (χ0n) is 15.5. The Kier molecular flexibility index (Phi) is 7.94. The molecule has 0 aliphatic carbocycles. The number of urea groups is 1. The molecule has 2 rings (SSSR count). The minimum absolute atomic E-state index is 0.00506. The molecule has 5 atom stereocenters. The molecule has 2 aromatic rings. The first-order valence-electron chi connectivity index (χ1n) is 8.56. The van der Waals surface area contributed by atoms with Crippen LogP contribution in [0.4, 0.5) is 4.79 Å². The van der Waals surface area contributed by atoms with Crippen molar-refractivity contribution < 1.29 is 34.2 Å². The van der Waals surface area contributed by atoms with Gasteiger partial charge in [0.1, 0.15) is 24.9 Å². The second-order valence-corrected chi connectivity index (χ2v) is 6.16. The van der Waals surface area contributed by atoms with E-state index in [0.717, 1.165) is 0 Å². The van der Waals surface area contributed by atoms with Crippen molar-refractivity contribution in [3.8, 4) is 0 Å². The van der Waals surface area contributed by atoms with E-state index in [1.54, 1.807) is 0 Å². The van der Waals surface area contributed by atoms with Gasteiger partial charge in [0.2, 0.25) is 17.7 Å². The first kappa shape index (κ1) is 22.6. The van der Waals surface area contributed by atoms with E-state index in [4.69, 9.17) is 30.6 Å². The predicted molar refractivity (Wildman–Crippen MR) is 92.2 cm³/mol. The molecule has 2 amide bonds. The van der Waals surface area contributed by atoms with Gasteiger partial charge in [-0.05, 0) is 6.92 Å². The maximum atomic E-state index is 12.4. The molecule has 0 saturated carbocycles. The highest BCUT2D eigenvalue weighted by Crippen LogP contribution is 2.19. The van der Waals surface area contributed by atoms with Crippen LogP contribution in [0.3, 0.4) is 0 Å². The molecule has 0 fully saturated rings. The first-order valence-corrected chi connectivity index (χ1v) is 8.56. The average molecular weight is 416 g/mol. The van der Waals surface area contributed by atoms with E-state index in [2.05, 4.69) is 31.0 Å². The Morgan fingerprint density at radius 1 is 1.17 bits per heavy atom. The lowest BCUT2D eigenvalue weighted by Crippen LogP contribution is -2.44. The fourth-order valence-electron chi connectivity index (χ4n) is 2.27. The standard InChI is InChI=1S/C14H24N8O7/c1-5(25)10(13-21-20-9(4-24)28-13)18-14(27)17-7(2-8(16)26)12-19-11(22-29-12)6(15)3-23/h5-8,10,23-26H,2-4,15-16H2,1H3,(H2,17,18,27)/t5?,6-,7-,8?,10+/m0/s1. The number of hydrogen-bond acceptors (Lipinski definition) is 13. The molecule has 0 bridgehead atoms. The Bertz CT molecular complexity index is 780. The predicted octanol–water partition coefficient (Wildman–Crippen LogP) is -2.93. The van der Waals surface area contributed by atoms with Crippen LogP contribution < -0.4 is 22.1 Å². The molecule has 0 spiro atoms. The van der Waals surface area contributed by atoms with Crippen molar-refractivity contribution in [2.75, 3.05) is 6.61 Å². The van der Waals surface area contributed by atoms with Gasteiger partial charge < -0.3 is 51.5 Å². The molecule has 2 unspecified atom stereocenters. The molecule has 0 radical (unpaired) electrons. The highest BCUT2D eigenvalue weighted by Gasteiger charge is 2.29. The molecule has 15 heteroatoms. The van der Waals surface area contributed by atoms with Crippen molar-refractivity contribution in [2.24, 2.45) is 11.5 Å². The fraction of sp³-hybridized carbons (Fsp3) is 0.643. The lowest BCUT2D eigenvalue weighted by molar-refractivity contribution is 0.125. The molecule has 2 heterocycles. The van der Waals surface area contributed by atoms with E-state index in [9.17, 15) is 15.0 Å². The van der Waals surface area contributed by atoms with Gasteiger partial charge in [0.15, 0.2) is 5.82 Å². The third kappa shape index (κ3) is 6.14. The summed E-state index contributed by atoms with van der Waals surface area (Å²) in [5.74, 6) is -0.304. The van der Waals surface area contributed by atoms with Gasteiger partial charge in [-0.25, -0.2) is 4.79 Å². The lowest BCUT2D eigenvalue weighted by atomic mass is 10.1. The average Bonchev–Trinajstić information content (AvgIpc) is 3.33. The van der Waals surface area contributed by atoms with E-state index >= 15 is 0 Å². The maximum absolute atomic E-state index is 12.4. The Morgan fingerprint density at radius 3 is 2.45 bits per heavy atom. The van der Waals surface area contributed by atoms with Crippen LogP contribution in [-0.4, -0.2) is 65.7 Å². The molecule has 0 aliphatic rings. The highest BCUT2D eigenvalue weighted by molar-refractivity contribution is 5.74. The fourth-order valence-corrected chi connectivity index (χ4v) is 2.27. The van der Waals surface area contributed by atoms with E-state index < -0.39 is 49.7 Å². The molecule has 0 saturated heterocycles. The number of nitrogens with one attached hydrogen (secondary N) is 2. The highest BCUT2D eigenvalue weighted by atomic mass is 16.5. The summed E-state index contributed by atoms with van der Waals surface area (Å²) in [5.41, 5.74) is 11.0. The van der Waals surface area contributed by atoms with E-state index in [1.165, 1.54) is 6.92 Å². The molecular formula is C14H24N8O7. The number of aliphatic hydroxyl groups is 4. The zero-order chi connectivity index (χ0) is 21.6. The van der Waals surface area contributed by atoms with Crippen LogP contribution in [0.1, 0.15) is 55.0 Å². The van der Waals surface area contributed by atoms with Crippen molar-refractivity contribution >= 4 is 6.03 Å². The Morgan fingerprint density at radius 2 is 1.90 bits per heavy atom. The molecular weight excluding hydrogens is 392 g/mol. The van der Waals surface area contributed by atoms with Gasteiger partial charge in [-0.1, -0.05) is 5.16 Å². The summed E-state index contributed by atoms with van der Waals surface area (Å²) in [4.78, 5) is 16.4. The Labute approximate surface area is 164 Å². The van der Waals surface area contributed by atoms with Gasteiger partial charge in [0, 0.05) is 6.42 Å². The number of carbonyl (C=O) groups is 1. The Balaban J connectivity index is 2.12. The number of nitrogens with two attached hydrogens (primary N) is 2. The smallest absolute Gasteiger partial charge is 0.316 e. The molecule has 29 heavy (non-hydrogen) atoms. The Hall–Kier alpha value is -2.69. The normalized spacial score (nSPS) is 16.7. The molecule has 162 valence electrons. The molecule has 0 aromatic carbocycles. The monoisotopic (exact) mass is 416 g/mol. The van der Waals surface area contributed by atoms with E-state index in [-0.39, 0.29) is 29.9 Å². The number of hydrogen-bond donors (Lipinski definition) is 8. The number of carbonyl (C=O) groups excluding carboxylic acids is 1. The number of rotatable bonds is 10. The van der Waals surface area contributed by atoms with Crippen molar-refractivity contribution in [3.05, 3.63) is 23.5 Å². The molecule has 15 nitrogen and oxygen atoms in total. The summed E-state index contributed by atoms with van der Waals surface area (Å²) in [6.07, 6.45) is -2.63. The maximum Gasteiger partial charge on any atom is 0.316 e. The second-order valence-electron chi connectivity index (χ2n) is 6.16. The summed E-state index contributed by atoms with van der Waals surface area (Å²) in [5, 5.41) is 53.2. The molecule has 2 aromatic heterocycles.